The Labute approximate surface area is 84.9 Å². The highest BCUT2D eigenvalue weighted by atomic mass is 32.3. The minimum absolute atomic E-state index is 0.0529. The number of rotatable bonds is 2. The van der Waals surface area contributed by atoms with Gasteiger partial charge in [-0.25, -0.2) is 8.42 Å². The van der Waals surface area contributed by atoms with E-state index in [0.29, 0.717) is 5.92 Å². The van der Waals surface area contributed by atoms with Crippen molar-refractivity contribution in [2.45, 2.75) is 26.8 Å². The van der Waals surface area contributed by atoms with E-state index in [-0.39, 0.29) is 10.4 Å². The van der Waals surface area contributed by atoms with E-state index in [4.69, 9.17) is 0 Å². The Morgan fingerprint density at radius 3 is 2.00 bits per heavy atom. The lowest BCUT2D eigenvalue weighted by Gasteiger charge is -2.11. The number of thioether (sulfide) groups is 1. The molecular weight excluding hydrogens is 206 g/mol. The molecular formula is C8H17NO2S2. The summed E-state index contributed by atoms with van der Waals surface area (Å²) < 4.78 is 22.6. The Bertz CT molecular complexity index is 281. The van der Waals surface area contributed by atoms with Crippen molar-refractivity contribution in [3.63, 3.8) is 0 Å². The molecule has 0 rings (SSSR count). The fourth-order valence-electron chi connectivity index (χ4n) is 0.615. The molecule has 0 aromatic rings. The summed E-state index contributed by atoms with van der Waals surface area (Å²) in [6.07, 6.45) is 2.92. The third-order valence-electron chi connectivity index (χ3n) is 1.77. The molecule has 0 radical (unpaired) electrons. The van der Waals surface area contributed by atoms with E-state index in [1.165, 1.54) is 18.0 Å². The van der Waals surface area contributed by atoms with Crippen LogP contribution in [-0.2, 0) is 9.84 Å². The van der Waals surface area contributed by atoms with Crippen molar-refractivity contribution in [2.24, 2.45) is 10.9 Å². The molecule has 3 nitrogen and oxygen atoms in total. The van der Waals surface area contributed by atoms with Crippen LogP contribution < -0.4 is 0 Å². The van der Waals surface area contributed by atoms with Crippen molar-refractivity contribution >= 4 is 26.0 Å². The van der Waals surface area contributed by atoms with Gasteiger partial charge in [-0.15, -0.1) is 0 Å². The maximum atomic E-state index is 11.2. The van der Waals surface area contributed by atoms with Crippen molar-refractivity contribution in [1.29, 1.82) is 0 Å². The molecule has 78 valence electrons. The fraction of sp³-hybridized carbons (Fsp3) is 0.875. The number of hydrogen-bond donors (Lipinski definition) is 0. The van der Waals surface area contributed by atoms with Crippen LogP contribution in [0.3, 0.4) is 0 Å². The Morgan fingerprint density at radius 2 is 1.77 bits per heavy atom. The van der Waals surface area contributed by atoms with Gasteiger partial charge in [-0.1, -0.05) is 25.6 Å². The molecule has 13 heavy (non-hydrogen) atoms. The van der Waals surface area contributed by atoms with E-state index in [0.717, 1.165) is 0 Å². The van der Waals surface area contributed by atoms with Crippen LogP contribution in [0.2, 0.25) is 0 Å². The highest BCUT2D eigenvalue weighted by molar-refractivity contribution is 8.34. The molecule has 0 aliphatic carbocycles. The Balaban J connectivity index is 4.79. The van der Waals surface area contributed by atoms with Crippen molar-refractivity contribution in [1.82, 2.24) is 0 Å². The largest absolute Gasteiger partial charge is 0.264 e. The topological polar surface area (TPSA) is 46.5 Å². The molecule has 0 heterocycles. The second kappa shape index (κ2) is 5.00. The van der Waals surface area contributed by atoms with Gasteiger partial charge in [0.1, 0.15) is 0 Å². The first kappa shape index (κ1) is 13.0. The zero-order valence-electron chi connectivity index (χ0n) is 8.73. The van der Waals surface area contributed by atoms with E-state index in [2.05, 4.69) is 4.99 Å². The highest BCUT2D eigenvalue weighted by Crippen LogP contribution is 2.12. The van der Waals surface area contributed by atoms with E-state index in [9.17, 15) is 8.42 Å². The van der Waals surface area contributed by atoms with Gasteiger partial charge in [-0.2, -0.15) is 0 Å². The van der Waals surface area contributed by atoms with Gasteiger partial charge in [-0.3, -0.25) is 4.99 Å². The van der Waals surface area contributed by atoms with Gasteiger partial charge >= 0.3 is 0 Å². The average Bonchev–Trinajstić information content (AvgIpc) is 1.96. The summed E-state index contributed by atoms with van der Waals surface area (Å²) in [6, 6.07) is 0.0529. The summed E-state index contributed by atoms with van der Waals surface area (Å²) in [6.45, 7) is 5.97. The van der Waals surface area contributed by atoms with Crippen molar-refractivity contribution in [3.8, 4) is 0 Å². The zero-order chi connectivity index (χ0) is 10.6. The summed E-state index contributed by atoms with van der Waals surface area (Å²) in [5, 5.41) is 0. The van der Waals surface area contributed by atoms with Gasteiger partial charge in [0, 0.05) is 6.26 Å². The Hall–Kier alpha value is -0.0300. The van der Waals surface area contributed by atoms with Crippen LogP contribution in [0.5, 0.6) is 0 Å². The smallest absolute Gasteiger partial charge is 0.198 e. The molecule has 0 amide bonds. The second-order valence-corrected chi connectivity index (χ2v) is 6.34. The first-order valence-electron chi connectivity index (χ1n) is 4.11. The maximum absolute atomic E-state index is 11.2. The first-order chi connectivity index (χ1) is 5.79. The molecule has 0 aromatic carbocycles. The SMILES string of the molecule is CS/C(=N\[C@H](C)C(C)C)S(C)(=O)=O. The molecule has 0 unspecified atom stereocenters. The monoisotopic (exact) mass is 223 g/mol. The quantitative estimate of drug-likeness (QED) is 0.529. The van der Waals surface area contributed by atoms with Gasteiger partial charge in [0.25, 0.3) is 0 Å². The molecule has 0 saturated carbocycles. The molecule has 1 atom stereocenters. The zero-order valence-corrected chi connectivity index (χ0v) is 10.4. The molecule has 0 aliphatic rings. The number of nitrogens with zero attached hydrogens (tertiary/aromatic N) is 1. The van der Waals surface area contributed by atoms with Crippen molar-refractivity contribution < 1.29 is 8.42 Å². The minimum atomic E-state index is -3.13. The van der Waals surface area contributed by atoms with Gasteiger partial charge in [-0.05, 0) is 19.1 Å². The van der Waals surface area contributed by atoms with E-state index >= 15 is 0 Å². The maximum Gasteiger partial charge on any atom is 0.198 e. The molecule has 0 N–H and O–H groups in total. The summed E-state index contributed by atoms with van der Waals surface area (Å²) >= 11 is 1.18. The molecule has 0 spiro atoms. The lowest BCUT2D eigenvalue weighted by Crippen LogP contribution is -2.15. The highest BCUT2D eigenvalue weighted by Gasteiger charge is 2.14. The van der Waals surface area contributed by atoms with Crippen LogP contribution in [0.25, 0.3) is 0 Å². The molecule has 5 heteroatoms. The van der Waals surface area contributed by atoms with Crippen LogP contribution in [0.1, 0.15) is 20.8 Å². The van der Waals surface area contributed by atoms with Gasteiger partial charge < -0.3 is 0 Å². The van der Waals surface area contributed by atoms with Crippen LogP contribution in [0.15, 0.2) is 4.99 Å². The number of hydrogen-bond acceptors (Lipinski definition) is 4. The third kappa shape index (κ3) is 4.67. The fourth-order valence-corrected chi connectivity index (χ4v) is 2.46. The summed E-state index contributed by atoms with van der Waals surface area (Å²) in [5.41, 5.74) is 0. The standard InChI is InChI=1S/C8H17NO2S2/c1-6(2)7(3)9-8(12-4)13(5,10)11/h6-7H,1-5H3/b9-8+/t7-/m1/s1. The number of sulfone groups is 1. The molecule has 0 saturated heterocycles. The van der Waals surface area contributed by atoms with Crippen molar-refractivity contribution in [3.05, 3.63) is 0 Å². The predicted molar refractivity (Wildman–Crippen MR) is 60.1 cm³/mol. The lowest BCUT2D eigenvalue weighted by molar-refractivity contribution is 0.532. The molecule has 0 aliphatic heterocycles. The molecule has 0 aromatic heterocycles. The van der Waals surface area contributed by atoms with Crippen LogP contribution in [0, 0.1) is 5.92 Å². The van der Waals surface area contributed by atoms with E-state index < -0.39 is 9.84 Å². The third-order valence-corrected chi connectivity index (χ3v) is 4.37. The van der Waals surface area contributed by atoms with E-state index in [1.807, 2.05) is 20.8 Å². The lowest BCUT2D eigenvalue weighted by atomic mass is 10.1. The van der Waals surface area contributed by atoms with Crippen LogP contribution in [0.4, 0.5) is 0 Å². The normalized spacial score (nSPS) is 16.3. The van der Waals surface area contributed by atoms with Crippen molar-refractivity contribution in [2.75, 3.05) is 12.5 Å². The molecule has 0 fully saturated rings. The van der Waals surface area contributed by atoms with Crippen LogP contribution >= 0.6 is 11.8 Å². The Morgan fingerprint density at radius 1 is 1.31 bits per heavy atom. The summed E-state index contributed by atoms with van der Waals surface area (Å²) in [7, 11) is -3.13. The Kier molecular flexibility index (Phi) is 4.99. The van der Waals surface area contributed by atoms with Gasteiger partial charge in [0.05, 0.1) is 6.04 Å². The predicted octanol–water partition coefficient (Wildman–Crippen LogP) is 1.79. The van der Waals surface area contributed by atoms with E-state index in [1.54, 1.807) is 6.26 Å². The van der Waals surface area contributed by atoms with Gasteiger partial charge in [0.2, 0.25) is 0 Å². The number of aliphatic imine (C=N–C) groups is 1. The average molecular weight is 223 g/mol. The summed E-state index contributed by atoms with van der Waals surface area (Å²) in [4.78, 5) is 4.16. The second-order valence-electron chi connectivity index (χ2n) is 3.36. The first-order valence-corrected chi connectivity index (χ1v) is 7.22. The van der Waals surface area contributed by atoms with Crippen LogP contribution in [-0.4, -0.2) is 31.3 Å². The molecule has 0 bridgehead atoms. The minimum Gasteiger partial charge on any atom is -0.264 e. The summed E-state index contributed by atoms with van der Waals surface area (Å²) in [5.74, 6) is 0.365. The van der Waals surface area contributed by atoms with Gasteiger partial charge in [0.15, 0.2) is 14.2 Å².